The van der Waals surface area contributed by atoms with Gasteiger partial charge in [-0.3, -0.25) is 0 Å². The van der Waals surface area contributed by atoms with E-state index in [0.717, 1.165) is 15.2 Å². The van der Waals surface area contributed by atoms with E-state index in [-0.39, 0.29) is 6.04 Å². The fourth-order valence-corrected chi connectivity index (χ4v) is 2.12. The molecule has 0 aliphatic rings. The Morgan fingerprint density at radius 3 is 2.47 bits per heavy atom. The minimum atomic E-state index is 0.231. The number of anilines is 1. The zero-order chi connectivity index (χ0) is 12.3. The van der Waals surface area contributed by atoms with E-state index in [0.29, 0.717) is 0 Å². The van der Waals surface area contributed by atoms with Crippen LogP contribution in [0.5, 0.6) is 0 Å². The van der Waals surface area contributed by atoms with Gasteiger partial charge in [0.05, 0.1) is 0 Å². The summed E-state index contributed by atoms with van der Waals surface area (Å²) in [5.74, 6) is 0. The molecule has 2 aromatic carbocycles. The fourth-order valence-electron chi connectivity index (χ4n) is 1.66. The highest BCUT2D eigenvalue weighted by Gasteiger charge is 2.05. The number of nitrogens with one attached hydrogen (secondary N) is 1. The van der Waals surface area contributed by atoms with Crippen molar-refractivity contribution < 1.29 is 0 Å². The van der Waals surface area contributed by atoms with Gasteiger partial charge in [-0.1, -0.05) is 39.7 Å². The van der Waals surface area contributed by atoms with Gasteiger partial charge in [0.25, 0.3) is 0 Å². The van der Waals surface area contributed by atoms with E-state index in [2.05, 4.69) is 34.2 Å². The van der Waals surface area contributed by atoms with Crippen molar-refractivity contribution in [1.82, 2.24) is 0 Å². The van der Waals surface area contributed by atoms with Crippen LogP contribution in [0.4, 0.5) is 5.69 Å². The van der Waals surface area contributed by atoms with Crippen LogP contribution in [-0.2, 0) is 0 Å². The normalized spacial score (nSPS) is 12.2. The molecular weight excluding hydrogens is 298 g/mol. The SMILES string of the molecule is CC(Nc1ccc(Br)cc1)c1cccc(Cl)c1. The molecule has 88 valence electrons. The van der Waals surface area contributed by atoms with Gasteiger partial charge in [0.15, 0.2) is 0 Å². The van der Waals surface area contributed by atoms with E-state index in [1.54, 1.807) is 0 Å². The van der Waals surface area contributed by atoms with Crippen LogP contribution in [0, 0.1) is 0 Å². The number of benzene rings is 2. The second kappa shape index (κ2) is 5.56. The summed E-state index contributed by atoms with van der Waals surface area (Å²) >= 11 is 9.40. The smallest absolute Gasteiger partial charge is 0.0486 e. The highest BCUT2D eigenvalue weighted by molar-refractivity contribution is 9.10. The summed E-state index contributed by atoms with van der Waals surface area (Å²) in [5.41, 5.74) is 2.28. The number of rotatable bonds is 3. The molecule has 3 heteroatoms. The second-order valence-electron chi connectivity index (χ2n) is 3.93. The van der Waals surface area contributed by atoms with E-state index in [1.807, 2.05) is 42.5 Å². The van der Waals surface area contributed by atoms with E-state index in [1.165, 1.54) is 5.56 Å². The maximum atomic E-state index is 5.98. The maximum absolute atomic E-state index is 5.98. The monoisotopic (exact) mass is 309 g/mol. The van der Waals surface area contributed by atoms with E-state index in [9.17, 15) is 0 Å². The minimum absolute atomic E-state index is 0.231. The fraction of sp³-hybridized carbons (Fsp3) is 0.143. The summed E-state index contributed by atoms with van der Waals surface area (Å²) < 4.78 is 1.08. The van der Waals surface area contributed by atoms with Crippen LogP contribution in [0.15, 0.2) is 53.0 Å². The van der Waals surface area contributed by atoms with E-state index in [4.69, 9.17) is 11.6 Å². The average Bonchev–Trinajstić information content (AvgIpc) is 2.32. The molecule has 0 heterocycles. The number of halogens is 2. The van der Waals surface area contributed by atoms with Crippen molar-refractivity contribution in [2.75, 3.05) is 5.32 Å². The largest absolute Gasteiger partial charge is 0.379 e. The van der Waals surface area contributed by atoms with Crippen molar-refractivity contribution in [3.05, 3.63) is 63.6 Å². The molecule has 0 amide bonds. The molecule has 0 saturated heterocycles. The van der Waals surface area contributed by atoms with Gasteiger partial charge in [-0.05, 0) is 48.9 Å². The molecular formula is C14H13BrClN. The van der Waals surface area contributed by atoms with E-state index < -0.39 is 0 Å². The molecule has 0 radical (unpaired) electrons. The Bertz CT molecular complexity index is 496. The lowest BCUT2D eigenvalue weighted by Crippen LogP contribution is -2.06. The Hall–Kier alpha value is -0.990. The standard InChI is InChI=1S/C14H13BrClN/c1-10(11-3-2-4-13(16)9-11)17-14-7-5-12(15)6-8-14/h2-10,17H,1H3. The van der Waals surface area contributed by atoms with Crippen molar-refractivity contribution in [1.29, 1.82) is 0 Å². The predicted octanol–water partition coefficient (Wildman–Crippen LogP) is 5.28. The van der Waals surface area contributed by atoms with Gasteiger partial charge in [0.1, 0.15) is 0 Å². The van der Waals surface area contributed by atoms with Gasteiger partial charge >= 0.3 is 0 Å². The van der Waals surface area contributed by atoms with Crippen molar-refractivity contribution >= 4 is 33.2 Å². The van der Waals surface area contributed by atoms with Crippen LogP contribution in [0.25, 0.3) is 0 Å². The highest BCUT2D eigenvalue weighted by Crippen LogP contribution is 2.22. The summed E-state index contributed by atoms with van der Waals surface area (Å²) in [5, 5.41) is 4.20. The Kier molecular flexibility index (Phi) is 4.08. The lowest BCUT2D eigenvalue weighted by Gasteiger charge is -2.16. The zero-order valence-electron chi connectivity index (χ0n) is 9.45. The molecule has 0 aliphatic heterocycles. The van der Waals surface area contributed by atoms with Crippen LogP contribution in [0.1, 0.15) is 18.5 Å². The molecule has 2 aromatic rings. The first kappa shape index (κ1) is 12.5. The maximum Gasteiger partial charge on any atom is 0.0486 e. The highest BCUT2D eigenvalue weighted by atomic mass is 79.9. The predicted molar refractivity (Wildman–Crippen MR) is 77.6 cm³/mol. The van der Waals surface area contributed by atoms with Gasteiger partial charge in [0.2, 0.25) is 0 Å². The molecule has 1 N–H and O–H groups in total. The third-order valence-electron chi connectivity index (χ3n) is 2.58. The summed E-state index contributed by atoms with van der Waals surface area (Å²) in [6.07, 6.45) is 0. The first-order chi connectivity index (χ1) is 8.15. The quantitative estimate of drug-likeness (QED) is 0.813. The number of hydrogen-bond donors (Lipinski definition) is 1. The summed E-state index contributed by atoms with van der Waals surface area (Å²) in [6, 6.07) is 16.3. The van der Waals surface area contributed by atoms with Crippen molar-refractivity contribution in [2.24, 2.45) is 0 Å². The van der Waals surface area contributed by atoms with Gasteiger partial charge in [-0.2, -0.15) is 0 Å². The Morgan fingerprint density at radius 1 is 1.12 bits per heavy atom. The Morgan fingerprint density at radius 2 is 1.82 bits per heavy atom. The van der Waals surface area contributed by atoms with Gasteiger partial charge in [-0.15, -0.1) is 0 Å². The molecule has 1 unspecified atom stereocenters. The van der Waals surface area contributed by atoms with Crippen molar-refractivity contribution in [2.45, 2.75) is 13.0 Å². The average molecular weight is 311 g/mol. The van der Waals surface area contributed by atoms with Crippen molar-refractivity contribution in [3.63, 3.8) is 0 Å². The van der Waals surface area contributed by atoms with Gasteiger partial charge in [0, 0.05) is 21.2 Å². The molecule has 0 aliphatic carbocycles. The molecule has 2 rings (SSSR count). The zero-order valence-corrected chi connectivity index (χ0v) is 11.8. The molecule has 0 aromatic heterocycles. The molecule has 1 nitrogen and oxygen atoms in total. The van der Waals surface area contributed by atoms with Gasteiger partial charge in [-0.25, -0.2) is 0 Å². The van der Waals surface area contributed by atoms with Crippen molar-refractivity contribution in [3.8, 4) is 0 Å². The first-order valence-electron chi connectivity index (χ1n) is 5.43. The molecule has 0 spiro atoms. The van der Waals surface area contributed by atoms with E-state index >= 15 is 0 Å². The van der Waals surface area contributed by atoms with Crippen LogP contribution in [0.2, 0.25) is 5.02 Å². The Labute approximate surface area is 115 Å². The summed E-state index contributed by atoms with van der Waals surface area (Å²) in [6.45, 7) is 2.12. The molecule has 0 bridgehead atoms. The first-order valence-corrected chi connectivity index (χ1v) is 6.60. The third-order valence-corrected chi connectivity index (χ3v) is 3.34. The number of hydrogen-bond acceptors (Lipinski definition) is 1. The minimum Gasteiger partial charge on any atom is -0.379 e. The second-order valence-corrected chi connectivity index (χ2v) is 5.28. The van der Waals surface area contributed by atoms with Crippen LogP contribution >= 0.6 is 27.5 Å². The Balaban J connectivity index is 2.11. The van der Waals surface area contributed by atoms with Crippen LogP contribution < -0.4 is 5.32 Å². The lowest BCUT2D eigenvalue weighted by molar-refractivity contribution is 0.885. The van der Waals surface area contributed by atoms with Gasteiger partial charge < -0.3 is 5.32 Å². The molecule has 0 fully saturated rings. The summed E-state index contributed by atoms with van der Waals surface area (Å²) in [7, 11) is 0. The molecule has 0 saturated carbocycles. The third kappa shape index (κ3) is 3.48. The molecule has 17 heavy (non-hydrogen) atoms. The topological polar surface area (TPSA) is 12.0 Å². The lowest BCUT2D eigenvalue weighted by atomic mass is 10.1. The molecule has 1 atom stereocenters. The summed E-state index contributed by atoms with van der Waals surface area (Å²) in [4.78, 5) is 0. The van der Waals surface area contributed by atoms with Crippen LogP contribution in [-0.4, -0.2) is 0 Å². The van der Waals surface area contributed by atoms with Crippen LogP contribution in [0.3, 0.4) is 0 Å².